The number of amides is 1. The molecule has 0 aliphatic carbocycles. The van der Waals surface area contributed by atoms with Crippen LogP contribution in [0.2, 0.25) is 0 Å². The lowest BCUT2D eigenvalue weighted by molar-refractivity contribution is 0.100. The van der Waals surface area contributed by atoms with Gasteiger partial charge in [0.15, 0.2) is 0 Å². The highest BCUT2D eigenvalue weighted by molar-refractivity contribution is 6.10. The molecule has 5 nitrogen and oxygen atoms in total. The zero-order valence-electron chi connectivity index (χ0n) is 10.5. The lowest BCUT2D eigenvalue weighted by Crippen LogP contribution is -2.13. The van der Waals surface area contributed by atoms with Gasteiger partial charge < -0.3 is 10.7 Å². The lowest BCUT2D eigenvalue weighted by atomic mass is 9.98. The van der Waals surface area contributed by atoms with E-state index < -0.39 is 5.91 Å². The van der Waals surface area contributed by atoms with Crippen molar-refractivity contribution in [3.8, 4) is 11.1 Å². The van der Waals surface area contributed by atoms with E-state index in [1.54, 1.807) is 42.7 Å². The van der Waals surface area contributed by atoms with Crippen molar-refractivity contribution in [2.75, 3.05) is 0 Å². The first-order valence-corrected chi connectivity index (χ1v) is 6.02. The molecule has 0 spiro atoms. The number of primary amides is 1. The number of H-pyrrole nitrogens is 1. The summed E-state index contributed by atoms with van der Waals surface area (Å²) in [7, 11) is 0. The second kappa shape index (κ2) is 4.62. The number of aromatic nitrogens is 2. The predicted octanol–water partition coefficient (Wildman–Crippen LogP) is 2.14. The van der Waals surface area contributed by atoms with Gasteiger partial charge in [0, 0.05) is 28.9 Å². The molecular weight excluding hydrogens is 254 g/mol. The van der Waals surface area contributed by atoms with Gasteiger partial charge in [-0.2, -0.15) is 0 Å². The Balaban J connectivity index is 2.26. The van der Waals surface area contributed by atoms with E-state index >= 15 is 0 Å². The number of hydrogen-bond donors (Lipinski definition) is 2. The molecule has 0 aliphatic rings. The third-order valence-corrected chi connectivity index (χ3v) is 3.19. The maximum absolute atomic E-state index is 11.8. The van der Waals surface area contributed by atoms with Gasteiger partial charge >= 0.3 is 0 Å². The van der Waals surface area contributed by atoms with Crippen LogP contribution in [0.5, 0.6) is 0 Å². The molecule has 0 atom stereocenters. The number of hydrogen-bond acceptors (Lipinski definition) is 3. The molecule has 0 saturated heterocycles. The van der Waals surface area contributed by atoms with Gasteiger partial charge in [0.05, 0.1) is 5.56 Å². The van der Waals surface area contributed by atoms with Crippen LogP contribution < -0.4 is 5.73 Å². The zero-order chi connectivity index (χ0) is 14.1. The van der Waals surface area contributed by atoms with Crippen LogP contribution in [-0.4, -0.2) is 22.2 Å². The molecule has 0 bridgehead atoms. The number of carbonyl (C=O) groups excluding carboxylic acids is 2. The molecule has 1 aromatic carbocycles. The third kappa shape index (κ3) is 1.85. The van der Waals surface area contributed by atoms with E-state index in [9.17, 15) is 9.59 Å². The van der Waals surface area contributed by atoms with Crippen LogP contribution in [0.4, 0.5) is 0 Å². The molecule has 98 valence electrons. The van der Waals surface area contributed by atoms with Crippen molar-refractivity contribution in [1.82, 2.24) is 9.97 Å². The Hall–Kier alpha value is -2.95. The number of nitrogens with zero attached hydrogens (tertiary/aromatic N) is 1. The number of benzene rings is 1. The Morgan fingerprint density at radius 1 is 1.20 bits per heavy atom. The number of nitrogens with one attached hydrogen (secondary N) is 1. The largest absolute Gasteiger partial charge is 0.366 e. The fraction of sp³-hybridized carbons (Fsp3) is 0. The number of rotatable bonds is 3. The standard InChI is InChI=1S/C15H11N3O2/c16-14(20)13-11-5-6-17-15(11)18-7-12(13)10-3-1-9(8-19)2-4-10/h1-8H,(H2,16,20)(H,17,18). The summed E-state index contributed by atoms with van der Waals surface area (Å²) in [6.07, 6.45) is 4.09. The van der Waals surface area contributed by atoms with Gasteiger partial charge in [-0.1, -0.05) is 24.3 Å². The minimum Gasteiger partial charge on any atom is -0.366 e. The lowest BCUT2D eigenvalue weighted by Gasteiger charge is -2.08. The number of aromatic amines is 1. The van der Waals surface area contributed by atoms with E-state index in [-0.39, 0.29) is 0 Å². The minimum atomic E-state index is -0.508. The summed E-state index contributed by atoms with van der Waals surface area (Å²) in [5.74, 6) is -0.508. The van der Waals surface area contributed by atoms with Gasteiger partial charge in [-0.05, 0) is 11.6 Å². The molecule has 3 aromatic rings. The van der Waals surface area contributed by atoms with Crippen LogP contribution in [0.1, 0.15) is 20.7 Å². The van der Waals surface area contributed by atoms with E-state index in [1.807, 2.05) is 0 Å². The molecule has 0 saturated carbocycles. The van der Waals surface area contributed by atoms with Crippen LogP contribution in [0, 0.1) is 0 Å². The molecule has 5 heteroatoms. The highest BCUT2D eigenvalue weighted by Gasteiger charge is 2.15. The van der Waals surface area contributed by atoms with Crippen molar-refractivity contribution in [3.63, 3.8) is 0 Å². The van der Waals surface area contributed by atoms with Crippen molar-refractivity contribution in [1.29, 1.82) is 0 Å². The van der Waals surface area contributed by atoms with Gasteiger partial charge in [0.2, 0.25) is 5.91 Å². The average Bonchev–Trinajstić information content (AvgIpc) is 2.94. The number of nitrogens with two attached hydrogens (primary N) is 1. The highest BCUT2D eigenvalue weighted by Crippen LogP contribution is 2.28. The molecule has 3 N–H and O–H groups in total. The Bertz CT molecular complexity index is 804. The summed E-state index contributed by atoms with van der Waals surface area (Å²) in [6, 6.07) is 8.69. The fourth-order valence-electron chi connectivity index (χ4n) is 2.23. The molecule has 1 amide bonds. The first kappa shape index (κ1) is 12.1. The number of carbonyl (C=O) groups is 2. The van der Waals surface area contributed by atoms with Crippen LogP contribution in [0.25, 0.3) is 22.2 Å². The summed E-state index contributed by atoms with van der Waals surface area (Å²) >= 11 is 0. The summed E-state index contributed by atoms with van der Waals surface area (Å²) in [5.41, 5.74) is 8.56. The number of aldehydes is 1. The molecule has 0 unspecified atom stereocenters. The average molecular weight is 265 g/mol. The van der Waals surface area contributed by atoms with Gasteiger partial charge in [-0.3, -0.25) is 9.59 Å². The Morgan fingerprint density at radius 3 is 2.60 bits per heavy atom. The van der Waals surface area contributed by atoms with E-state index in [2.05, 4.69) is 9.97 Å². The van der Waals surface area contributed by atoms with Crippen molar-refractivity contribution in [2.45, 2.75) is 0 Å². The van der Waals surface area contributed by atoms with Crippen LogP contribution in [0.3, 0.4) is 0 Å². The molecule has 0 aliphatic heterocycles. The first-order chi connectivity index (χ1) is 9.70. The molecule has 2 heterocycles. The van der Waals surface area contributed by atoms with E-state index in [1.165, 1.54) is 0 Å². The first-order valence-electron chi connectivity index (χ1n) is 6.02. The Morgan fingerprint density at radius 2 is 1.95 bits per heavy atom. The second-order valence-corrected chi connectivity index (χ2v) is 4.39. The van der Waals surface area contributed by atoms with Gasteiger partial charge in [0.25, 0.3) is 0 Å². The number of pyridine rings is 1. The van der Waals surface area contributed by atoms with Crippen molar-refractivity contribution in [3.05, 3.63) is 53.9 Å². The van der Waals surface area contributed by atoms with E-state index in [4.69, 9.17) is 5.73 Å². The monoisotopic (exact) mass is 265 g/mol. The van der Waals surface area contributed by atoms with Crippen molar-refractivity contribution < 1.29 is 9.59 Å². The zero-order valence-corrected chi connectivity index (χ0v) is 10.5. The topological polar surface area (TPSA) is 88.8 Å². The minimum absolute atomic E-state index is 0.426. The molecule has 2 aromatic heterocycles. The maximum Gasteiger partial charge on any atom is 0.250 e. The highest BCUT2D eigenvalue weighted by atomic mass is 16.1. The van der Waals surface area contributed by atoms with E-state index in [0.29, 0.717) is 27.7 Å². The van der Waals surface area contributed by atoms with E-state index in [0.717, 1.165) is 11.8 Å². The van der Waals surface area contributed by atoms with Crippen LogP contribution in [-0.2, 0) is 0 Å². The quantitative estimate of drug-likeness (QED) is 0.711. The Kier molecular flexibility index (Phi) is 2.80. The molecule has 3 rings (SSSR count). The van der Waals surface area contributed by atoms with Crippen LogP contribution >= 0.6 is 0 Å². The van der Waals surface area contributed by atoms with Crippen molar-refractivity contribution >= 4 is 23.2 Å². The summed E-state index contributed by atoms with van der Waals surface area (Å²) in [4.78, 5) is 29.7. The Labute approximate surface area is 114 Å². The summed E-state index contributed by atoms with van der Waals surface area (Å²) in [6.45, 7) is 0. The normalized spacial score (nSPS) is 10.6. The smallest absolute Gasteiger partial charge is 0.250 e. The molecule has 20 heavy (non-hydrogen) atoms. The summed E-state index contributed by atoms with van der Waals surface area (Å²) in [5, 5.41) is 0.689. The second-order valence-electron chi connectivity index (χ2n) is 4.39. The molecular formula is C15H11N3O2. The van der Waals surface area contributed by atoms with Crippen LogP contribution in [0.15, 0.2) is 42.7 Å². The summed E-state index contributed by atoms with van der Waals surface area (Å²) < 4.78 is 0. The third-order valence-electron chi connectivity index (χ3n) is 3.19. The van der Waals surface area contributed by atoms with Crippen molar-refractivity contribution in [2.24, 2.45) is 5.73 Å². The fourth-order valence-corrected chi connectivity index (χ4v) is 2.23. The SMILES string of the molecule is NC(=O)c1c(-c2ccc(C=O)cc2)cnc2[nH]ccc12. The number of fused-ring (bicyclic) bond motifs is 1. The van der Waals surface area contributed by atoms with Gasteiger partial charge in [-0.15, -0.1) is 0 Å². The van der Waals surface area contributed by atoms with Gasteiger partial charge in [-0.25, -0.2) is 4.98 Å². The van der Waals surface area contributed by atoms with Gasteiger partial charge in [0.1, 0.15) is 11.9 Å². The molecule has 0 radical (unpaired) electrons. The maximum atomic E-state index is 11.8. The predicted molar refractivity (Wildman–Crippen MR) is 75.4 cm³/mol. The molecule has 0 fully saturated rings.